The summed E-state index contributed by atoms with van der Waals surface area (Å²) in [6.45, 7) is 3.63. The molecule has 0 spiro atoms. The number of piperidine rings is 1. The average Bonchev–Trinajstić information content (AvgIpc) is 2.06. The van der Waals surface area contributed by atoms with Crippen LogP contribution in [0.2, 0.25) is 0 Å². The van der Waals surface area contributed by atoms with Crippen LogP contribution in [-0.4, -0.2) is 33.0 Å². The molecule has 0 bridgehead atoms. The second-order valence-corrected chi connectivity index (χ2v) is 5.81. The third-order valence-electron chi connectivity index (χ3n) is 2.33. The summed E-state index contributed by atoms with van der Waals surface area (Å²) >= 11 is 0. The fraction of sp³-hybridized carbons (Fsp3) is 1.00. The van der Waals surface area contributed by atoms with E-state index >= 15 is 0 Å². The van der Waals surface area contributed by atoms with Crippen LogP contribution in [0.25, 0.3) is 0 Å². The summed E-state index contributed by atoms with van der Waals surface area (Å²) in [5, 5.41) is 3.22. The number of hydrogen-bond acceptors (Lipinski definition) is 3. The first kappa shape index (κ1) is 13.2. The fourth-order valence-corrected chi connectivity index (χ4v) is 2.78. The first-order valence-electron chi connectivity index (χ1n) is 4.55. The zero-order valence-electron chi connectivity index (χ0n) is 7.95. The minimum absolute atomic E-state index is 0. The molecule has 1 heterocycles. The highest BCUT2D eigenvalue weighted by Gasteiger charge is 2.19. The molecule has 1 atom stereocenters. The standard InChI is InChI=1S/C8H17NO2S.ClH/c1-2-12(10,11)7-8-4-3-5-9-6-8;/h8-9H,2-7H2,1H3;1H. The lowest BCUT2D eigenvalue weighted by Gasteiger charge is -2.21. The topological polar surface area (TPSA) is 46.2 Å². The van der Waals surface area contributed by atoms with E-state index in [1.165, 1.54) is 0 Å². The molecule has 1 saturated heterocycles. The van der Waals surface area contributed by atoms with Crippen LogP contribution in [0, 0.1) is 5.92 Å². The minimum Gasteiger partial charge on any atom is -0.316 e. The smallest absolute Gasteiger partial charge is 0.150 e. The largest absolute Gasteiger partial charge is 0.316 e. The van der Waals surface area contributed by atoms with Gasteiger partial charge in [0, 0.05) is 5.75 Å². The van der Waals surface area contributed by atoms with E-state index in [4.69, 9.17) is 0 Å². The molecule has 0 amide bonds. The zero-order valence-corrected chi connectivity index (χ0v) is 9.59. The highest BCUT2D eigenvalue weighted by Crippen LogP contribution is 2.12. The molecule has 5 heteroatoms. The Balaban J connectivity index is 0.00000144. The van der Waals surface area contributed by atoms with Crippen LogP contribution in [0.1, 0.15) is 19.8 Å². The summed E-state index contributed by atoms with van der Waals surface area (Å²) in [5.74, 6) is 1.00. The predicted molar refractivity (Wildman–Crippen MR) is 57.2 cm³/mol. The van der Waals surface area contributed by atoms with E-state index in [0.717, 1.165) is 25.9 Å². The summed E-state index contributed by atoms with van der Waals surface area (Å²) < 4.78 is 22.5. The fourth-order valence-electron chi connectivity index (χ4n) is 1.54. The van der Waals surface area contributed by atoms with Gasteiger partial charge in [-0.3, -0.25) is 0 Å². The Morgan fingerprint density at radius 1 is 1.46 bits per heavy atom. The Morgan fingerprint density at radius 3 is 2.62 bits per heavy atom. The van der Waals surface area contributed by atoms with Gasteiger partial charge in [-0.25, -0.2) is 8.42 Å². The molecule has 1 rings (SSSR count). The van der Waals surface area contributed by atoms with Crippen LogP contribution in [0.4, 0.5) is 0 Å². The maximum Gasteiger partial charge on any atom is 0.150 e. The van der Waals surface area contributed by atoms with E-state index in [1.54, 1.807) is 6.92 Å². The van der Waals surface area contributed by atoms with Crippen molar-refractivity contribution in [3.63, 3.8) is 0 Å². The van der Waals surface area contributed by atoms with E-state index in [-0.39, 0.29) is 18.2 Å². The van der Waals surface area contributed by atoms with Crippen LogP contribution >= 0.6 is 12.4 Å². The van der Waals surface area contributed by atoms with E-state index < -0.39 is 9.84 Å². The molecule has 1 aliphatic rings. The van der Waals surface area contributed by atoms with Gasteiger partial charge in [-0.05, 0) is 31.8 Å². The maximum absolute atomic E-state index is 11.2. The zero-order chi connectivity index (χ0) is 9.03. The van der Waals surface area contributed by atoms with Crippen molar-refractivity contribution in [1.29, 1.82) is 0 Å². The van der Waals surface area contributed by atoms with E-state index in [0.29, 0.717) is 11.7 Å². The number of hydrogen-bond donors (Lipinski definition) is 1. The molecule has 1 N–H and O–H groups in total. The van der Waals surface area contributed by atoms with Gasteiger partial charge in [0.25, 0.3) is 0 Å². The quantitative estimate of drug-likeness (QED) is 0.778. The molecule has 80 valence electrons. The summed E-state index contributed by atoms with van der Waals surface area (Å²) in [6, 6.07) is 0. The highest BCUT2D eigenvalue weighted by atomic mass is 35.5. The lowest BCUT2D eigenvalue weighted by molar-refractivity contribution is 0.404. The van der Waals surface area contributed by atoms with Gasteiger partial charge < -0.3 is 5.32 Å². The SMILES string of the molecule is CCS(=O)(=O)CC1CCCNC1.Cl. The van der Waals surface area contributed by atoms with Crippen molar-refractivity contribution in [3.05, 3.63) is 0 Å². The van der Waals surface area contributed by atoms with Crippen LogP contribution < -0.4 is 5.32 Å². The van der Waals surface area contributed by atoms with Crippen molar-refractivity contribution in [2.45, 2.75) is 19.8 Å². The van der Waals surface area contributed by atoms with Gasteiger partial charge in [0.05, 0.1) is 5.75 Å². The Morgan fingerprint density at radius 2 is 2.15 bits per heavy atom. The van der Waals surface area contributed by atoms with E-state index in [9.17, 15) is 8.42 Å². The van der Waals surface area contributed by atoms with Gasteiger partial charge in [0.1, 0.15) is 9.84 Å². The van der Waals surface area contributed by atoms with Crippen LogP contribution in [0.15, 0.2) is 0 Å². The van der Waals surface area contributed by atoms with Gasteiger partial charge >= 0.3 is 0 Å². The second kappa shape index (κ2) is 5.83. The molecule has 0 radical (unpaired) electrons. The van der Waals surface area contributed by atoms with Gasteiger partial charge in [0.15, 0.2) is 0 Å². The van der Waals surface area contributed by atoms with Crippen molar-refractivity contribution in [1.82, 2.24) is 5.32 Å². The van der Waals surface area contributed by atoms with Gasteiger partial charge in [-0.15, -0.1) is 12.4 Å². The lowest BCUT2D eigenvalue weighted by atomic mass is 10.0. The normalized spacial score (nSPS) is 23.6. The van der Waals surface area contributed by atoms with Crippen molar-refractivity contribution in [3.8, 4) is 0 Å². The van der Waals surface area contributed by atoms with Gasteiger partial charge in [0.2, 0.25) is 0 Å². The van der Waals surface area contributed by atoms with E-state index in [2.05, 4.69) is 5.32 Å². The van der Waals surface area contributed by atoms with Crippen molar-refractivity contribution >= 4 is 22.2 Å². The minimum atomic E-state index is -2.76. The van der Waals surface area contributed by atoms with E-state index in [1.807, 2.05) is 0 Å². The summed E-state index contributed by atoms with van der Waals surface area (Å²) in [7, 11) is -2.76. The van der Waals surface area contributed by atoms with Crippen LogP contribution in [0.3, 0.4) is 0 Å². The molecule has 1 fully saturated rings. The lowest BCUT2D eigenvalue weighted by Crippen LogP contribution is -2.34. The van der Waals surface area contributed by atoms with Crippen molar-refractivity contribution in [2.75, 3.05) is 24.6 Å². The summed E-state index contributed by atoms with van der Waals surface area (Å²) in [5.41, 5.74) is 0. The molecule has 1 aliphatic heterocycles. The van der Waals surface area contributed by atoms with Gasteiger partial charge in [-0.1, -0.05) is 6.92 Å². The molecule has 0 aromatic rings. The Kier molecular flexibility index (Phi) is 5.92. The molecule has 0 aliphatic carbocycles. The Bertz CT molecular complexity index is 222. The van der Waals surface area contributed by atoms with Crippen LogP contribution in [0.5, 0.6) is 0 Å². The van der Waals surface area contributed by atoms with Crippen LogP contribution in [-0.2, 0) is 9.84 Å². The molecule has 0 aromatic heterocycles. The number of rotatable bonds is 3. The monoisotopic (exact) mass is 227 g/mol. The third kappa shape index (κ3) is 4.84. The second-order valence-electron chi connectivity index (χ2n) is 3.41. The molecule has 3 nitrogen and oxygen atoms in total. The number of nitrogens with one attached hydrogen (secondary N) is 1. The third-order valence-corrected chi connectivity index (χ3v) is 4.19. The van der Waals surface area contributed by atoms with Crippen molar-refractivity contribution < 1.29 is 8.42 Å². The molecular formula is C8H18ClNO2S. The molecule has 1 unspecified atom stereocenters. The Hall–Kier alpha value is 0.200. The van der Waals surface area contributed by atoms with Crippen molar-refractivity contribution in [2.24, 2.45) is 5.92 Å². The average molecular weight is 228 g/mol. The Labute approximate surface area is 86.6 Å². The summed E-state index contributed by atoms with van der Waals surface area (Å²) in [6.07, 6.45) is 2.18. The first-order chi connectivity index (χ1) is 5.64. The molecular weight excluding hydrogens is 210 g/mol. The van der Waals surface area contributed by atoms with Gasteiger partial charge in [-0.2, -0.15) is 0 Å². The number of halogens is 1. The molecule has 13 heavy (non-hydrogen) atoms. The predicted octanol–water partition coefficient (Wildman–Crippen LogP) is 0.843. The molecule has 0 aromatic carbocycles. The molecule has 0 saturated carbocycles. The first-order valence-corrected chi connectivity index (χ1v) is 6.37. The summed E-state index contributed by atoms with van der Waals surface area (Å²) in [4.78, 5) is 0. The highest BCUT2D eigenvalue weighted by molar-refractivity contribution is 7.91. The maximum atomic E-state index is 11.2. The number of sulfone groups is 1.